The fourth-order valence-electron chi connectivity index (χ4n) is 4.81. The van der Waals surface area contributed by atoms with Crippen molar-refractivity contribution >= 4 is 23.5 Å². The number of nitrogens with zero attached hydrogens (tertiary/aromatic N) is 5. The van der Waals surface area contributed by atoms with E-state index in [1.165, 1.54) is 22.9 Å². The lowest BCUT2D eigenvalue weighted by atomic mass is 9.73. The summed E-state index contributed by atoms with van der Waals surface area (Å²) in [4.78, 5) is 19.6. The number of anilines is 2. The highest BCUT2D eigenvalue weighted by molar-refractivity contribution is 7.99. The zero-order chi connectivity index (χ0) is 21.4. The number of fused-ring (bicyclic) bond motifs is 1. The summed E-state index contributed by atoms with van der Waals surface area (Å²) in [6.45, 7) is 1.52. The zero-order valence-corrected chi connectivity index (χ0v) is 17.9. The first-order valence-corrected chi connectivity index (χ1v) is 11.2. The minimum Gasteiger partial charge on any atom is -0.390 e. The molecule has 1 saturated heterocycles. The molecule has 9 heteroatoms. The maximum Gasteiger partial charge on any atom is 0.221 e. The van der Waals surface area contributed by atoms with Crippen LogP contribution in [0, 0.1) is 5.41 Å². The molecule has 5 rings (SSSR count). The van der Waals surface area contributed by atoms with Crippen LogP contribution in [-0.2, 0) is 13.0 Å². The molecule has 0 radical (unpaired) electrons. The van der Waals surface area contributed by atoms with E-state index >= 15 is 0 Å². The number of benzene rings is 1. The number of nitrogen functional groups attached to an aromatic ring is 1. The first kappa shape index (κ1) is 20.2. The lowest BCUT2D eigenvalue weighted by Gasteiger charge is -2.42. The quantitative estimate of drug-likeness (QED) is 0.529. The zero-order valence-electron chi connectivity index (χ0n) is 17.1. The van der Waals surface area contributed by atoms with E-state index in [9.17, 15) is 5.11 Å². The summed E-state index contributed by atoms with van der Waals surface area (Å²) < 4.78 is 0. The van der Waals surface area contributed by atoms with Gasteiger partial charge in [-0.2, -0.15) is 0 Å². The Morgan fingerprint density at radius 3 is 2.65 bits per heavy atom. The van der Waals surface area contributed by atoms with Crippen LogP contribution in [0.15, 0.2) is 52.8 Å². The van der Waals surface area contributed by atoms with E-state index < -0.39 is 0 Å². The van der Waals surface area contributed by atoms with Crippen molar-refractivity contribution in [3.8, 4) is 0 Å². The first-order valence-electron chi connectivity index (χ1n) is 10.4. The minimum atomic E-state index is -0.171. The van der Waals surface area contributed by atoms with E-state index in [4.69, 9.17) is 11.5 Å². The van der Waals surface area contributed by atoms with Crippen molar-refractivity contribution in [1.29, 1.82) is 0 Å². The largest absolute Gasteiger partial charge is 0.390 e. The number of hydrogen-bond donors (Lipinski definition) is 3. The molecule has 0 amide bonds. The van der Waals surface area contributed by atoms with Gasteiger partial charge in [0.15, 0.2) is 5.82 Å². The molecule has 1 aromatic carbocycles. The Bertz CT molecular complexity index is 1100. The maximum atomic E-state index is 9.95. The van der Waals surface area contributed by atoms with Crippen LogP contribution >= 0.6 is 11.8 Å². The molecule has 3 heterocycles. The van der Waals surface area contributed by atoms with E-state index in [1.807, 2.05) is 0 Å². The number of hydrogen-bond acceptors (Lipinski definition) is 9. The second-order valence-electron chi connectivity index (χ2n) is 8.19. The second-order valence-corrected chi connectivity index (χ2v) is 9.24. The standard InChI is InChI=1S/C22H25N7OS/c23-19-15-4-2-1-3-14(15)11-22(19)6-9-29(10-7-22)20-16(13-30)27-18(12-26-20)31-17-5-8-25-21(24)28-17/h1-5,8,12,19,30H,6-7,9-11,13,23H2,(H2,24,25,28)/t19-/m1/s1. The molecule has 2 aromatic heterocycles. The van der Waals surface area contributed by atoms with Crippen LogP contribution in [0.2, 0.25) is 0 Å². The molecule has 1 aliphatic heterocycles. The van der Waals surface area contributed by atoms with E-state index in [0.717, 1.165) is 38.2 Å². The fourth-order valence-corrected chi connectivity index (χ4v) is 5.56. The number of aromatic nitrogens is 4. The monoisotopic (exact) mass is 435 g/mol. The van der Waals surface area contributed by atoms with E-state index in [2.05, 4.69) is 49.1 Å². The summed E-state index contributed by atoms with van der Waals surface area (Å²) in [5, 5.41) is 11.3. The number of piperidine rings is 1. The van der Waals surface area contributed by atoms with Crippen LogP contribution in [0.3, 0.4) is 0 Å². The summed E-state index contributed by atoms with van der Waals surface area (Å²) in [6, 6.07) is 10.4. The van der Waals surface area contributed by atoms with E-state index in [0.29, 0.717) is 15.7 Å². The van der Waals surface area contributed by atoms with E-state index in [1.54, 1.807) is 18.5 Å². The van der Waals surface area contributed by atoms with Crippen molar-refractivity contribution in [1.82, 2.24) is 19.9 Å². The van der Waals surface area contributed by atoms with Gasteiger partial charge in [0.25, 0.3) is 0 Å². The summed E-state index contributed by atoms with van der Waals surface area (Å²) in [6.07, 6.45) is 6.35. The van der Waals surface area contributed by atoms with Crippen molar-refractivity contribution in [2.75, 3.05) is 23.7 Å². The molecular formula is C22H25N7OS. The number of rotatable bonds is 4. The van der Waals surface area contributed by atoms with E-state index in [-0.39, 0.29) is 24.0 Å². The summed E-state index contributed by atoms with van der Waals surface area (Å²) >= 11 is 1.34. The van der Waals surface area contributed by atoms with Gasteiger partial charge in [0.05, 0.1) is 12.8 Å². The fraction of sp³-hybridized carbons (Fsp3) is 0.364. The van der Waals surface area contributed by atoms with Crippen molar-refractivity contribution in [3.63, 3.8) is 0 Å². The van der Waals surface area contributed by atoms with Gasteiger partial charge in [-0.15, -0.1) is 0 Å². The minimum absolute atomic E-state index is 0.0771. The molecule has 3 aromatic rings. The van der Waals surface area contributed by atoms with Crippen molar-refractivity contribution in [2.45, 2.75) is 42.0 Å². The van der Waals surface area contributed by atoms with Crippen LogP contribution in [0.1, 0.15) is 35.7 Å². The highest BCUT2D eigenvalue weighted by Gasteiger charge is 2.46. The van der Waals surface area contributed by atoms with Crippen LogP contribution in [0.4, 0.5) is 11.8 Å². The molecular weight excluding hydrogens is 410 g/mol. The lowest BCUT2D eigenvalue weighted by molar-refractivity contribution is 0.186. The highest BCUT2D eigenvalue weighted by Crippen LogP contribution is 2.51. The Morgan fingerprint density at radius 2 is 1.90 bits per heavy atom. The molecule has 0 saturated carbocycles. The Balaban J connectivity index is 1.31. The van der Waals surface area contributed by atoms with Crippen LogP contribution in [0.5, 0.6) is 0 Å². The Labute approximate surface area is 185 Å². The van der Waals surface area contributed by atoms with Crippen LogP contribution < -0.4 is 16.4 Å². The Morgan fingerprint density at radius 1 is 1.10 bits per heavy atom. The van der Waals surface area contributed by atoms with Crippen LogP contribution in [0.25, 0.3) is 0 Å². The smallest absolute Gasteiger partial charge is 0.221 e. The van der Waals surface area contributed by atoms with Crippen molar-refractivity contribution in [3.05, 3.63) is 59.5 Å². The third-order valence-electron chi connectivity index (χ3n) is 6.46. The van der Waals surface area contributed by atoms with Crippen LogP contribution in [-0.4, -0.2) is 38.1 Å². The number of aliphatic hydroxyl groups is 1. The van der Waals surface area contributed by atoms with Gasteiger partial charge in [-0.25, -0.2) is 19.9 Å². The topological polar surface area (TPSA) is 127 Å². The molecule has 1 fully saturated rings. The predicted molar refractivity (Wildman–Crippen MR) is 119 cm³/mol. The van der Waals surface area contributed by atoms with Gasteiger partial charge >= 0.3 is 0 Å². The molecule has 0 bridgehead atoms. The average molecular weight is 436 g/mol. The van der Waals surface area contributed by atoms with Gasteiger partial charge in [0, 0.05) is 25.3 Å². The number of nitrogens with two attached hydrogens (primary N) is 2. The van der Waals surface area contributed by atoms with Gasteiger partial charge in [0.1, 0.15) is 15.7 Å². The molecule has 5 N–H and O–H groups in total. The summed E-state index contributed by atoms with van der Waals surface area (Å²) in [7, 11) is 0. The molecule has 160 valence electrons. The first-order chi connectivity index (χ1) is 15.1. The third kappa shape index (κ3) is 3.73. The van der Waals surface area contributed by atoms with Gasteiger partial charge in [-0.3, -0.25) is 0 Å². The van der Waals surface area contributed by atoms with Gasteiger partial charge in [-0.1, -0.05) is 24.3 Å². The second kappa shape index (κ2) is 8.07. The van der Waals surface area contributed by atoms with Crippen molar-refractivity contribution in [2.24, 2.45) is 11.1 Å². The van der Waals surface area contributed by atoms with Gasteiger partial charge < -0.3 is 21.5 Å². The highest BCUT2D eigenvalue weighted by atomic mass is 32.2. The molecule has 0 unspecified atom stereocenters. The summed E-state index contributed by atoms with van der Waals surface area (Å²) in [5.41, 5.74) is 15.7. The Kier molecular flexibility index (Phi) is 5.25. The molecule has 1 spiro atoms. The van der Waals surface area contributed by atoms with Gasteiger partial charge in [-0.05, 0) is 53.6 Å². The normalized spacial score (nSPS) is 19.5. The maximum absolute atomic E-state index is 9.95. The average Bonchev–Trinajstić information content (AvgIpc) is 3.06. The SMILES string of the molecule is Nc1nccc(Sc2cnc(N3CCC4(CC3)Cc3ccccc3[C@H]4N)c(CO)n2)n1. The molecule has 31 heavy (non-hydrogen) atoms. The number of aliphatic hydroxyl groups excluding tert-OH is 1. The van der Waals surface area contributed by atoms with Gasteiger partial charge in [0.2, 0.25) is 5.95 Å². The third-order valence-corrected chi connectivity index (χ3v) is 7.30. The molecule has 1 aliphatic carbocycles. The molecule has 2 aliphatic rings. The molecule has 8 nitrogen and oxygen atoms in total. The summed E-state index contributed by atoms with van der Waals surface area (Å²) in [5.74, 6) is 0.958. The predicted octanol–water partition coefficient (Wildman–Crippen LogP) is 2.34. The lowest BCUT2D eigenvalue weighted by Crippen LogP contribution is -2.45. The Hall–Kier alpha value is -2.75. The van der Waals surface area contributed by atoms with Crippen molar-refractivity contribution < 1.29 is 5.11 Å². The molecule has 1 atom stereocenters.